The third-order valence-corrected chi connectivity index (χ3v) is 3.44. The molecule has 0 aliphatic heterocycles. The summed E-state index contributed by atoms with van der Waals surface area (Å²) < 4.78 is 15.2. The van der Waals surface area contributed by atoms with E-state index in [1.807, 2.05) is 16.7 Å². The summed E-state index contributed by atoms with van der Waals surface area (Å²) in [7, 11) is 0. The summed E-state index contributed by atoms with van der Waals surface area (Å²) >= 11 is 11.7. The highest BCUT2D eigenvalue weighted by atomic mass is 35.5. The second-order valence-corrected chi connectivity index (χ2v) is 5.03. The molecule has 6 heteroatoms. The van der Waals surface area contributed by atoms with Crippen LogP contribution in [0.2, 0.25) is 5.02 Å². The Morgan fingerprint density at radius 3 is 2.85 bits per heavy atom. The van der Waals surface area contributed by atoms with Crippen molar-refractivity contribution < 1.29 is 4.39 Å². The minimum absolute atomic E-state index is 0.0668. The maximum atomic E-state index is 13.3. The average Bonchev–Trinajstić information content (AvgIpc) is 2.80. The standard InChI is InChI=1S/C14H10Cl2FN3/c15-6-5-13-19-12-2-1-7-18-14(12)20(13)9-3-4-11(17)10(16)8-9/h1-4,7-8H,5-6H2. The van der Waals surface area contributed by atoms with E-state index < -0.39 is 5.82 Å². The van der Waals surface area contributed by atoms with Gasteiger partial charge < -0.3 is 0 Å². The molecule has 2 heterocycles. The van der Waals surface area contributed by atoms with Gasteiger partial charge in [0.05, 0.1) is 10.7 Å². The zero-order valence-electron chi connectivity index (χ0n) is 10.4. The number of aromatic nitrogens is 3. The maximum Gasteiger partial charge on any atom is 0.164 e. The molecule has 20 heavy (non-hydrogen) atoms. The highest BCUT2D eigenvalue weighted by molar-refractivity contribution is 6.30. The van der Waals surface area contributed by atoms with E-state index in [9.17, 15) is 4.39 Å². The van der Waals surface area contributed by atoms with E-state index in [0.29, 0.717) is 17.9 Å². The Morgan fingerprint density at radius 1 is 1.25 bits per heavy atom. The summed E-state index contributed by atoms with van der Waals surface area (Å²) in [6.45, 7) is 0. The number of pyridine rings is 1. The van der Waals surface area contributed by atoms with Crippen LogP contribution in [0.25, 0.3) is 16.9 Å². The average molecular weight is 310 g/mol. The summed E-state index contributed by atoms with van der Waals surface area (Å²) in [5.74, 6) is 0.765. The monoisotopic (exact) mass is 309 g/mol. The van der Waals surface area contributed by atoms with Gasteiger partial charge in [0, 0.05) is 18.5 Å². The summed E-state index contributed by atoms with van der Waals surface area (Å²) in [5, 5.41) is 0.0668. The number of imidazole rings is 1. The molecule has 0 bridgehead atoms. The lowest BCUT2D eigenvalue weighted by Gasteiger charge is -2.08. The predicted octanol–water partition coefficient (Wildman–Crippen LogP) is 3.99. The van der Waals surface area contributed by atoms with E-state index in [4.69, 9.17) is 23.2 Å². The van der Waals surface area contributed by atoms with Gasteiger partial charge in [-0.15, -0.1) is 11.6 Å². The lowest BCUT2D eigenvalue weighted by molar-refractivity contribution is 0.627. The van der Waals surface area contributed by atoms with Crippen molar-refractivity contribution in [3.05, 3.63) is 53.2 Å². The first-order chi connectivity index (χ1) is 9.70. The fourth-order valence-electron chi connectivity index (χ4n) is 2.11. The molecule has 0 N–H and O–H groups in total. The number of halogens is 3. The lowest BCUT2D eigenvalue weighted by Crippen LogP contribution is -2.03. The molecule has 0 amide bonds. The van der Waals surface area contributed by atoms with Crippen LogP contribution in [0, 0.1) is 5.82 Å². The van der Waals surface area contributed by atoms with Crippen molar-refractivity contribution in [2.24, 2.45) is 0 Å². The van der Waals surface area contributed by atoms with E-state index in [-0.39, 0.29) is 5.02 Å². The highest BCUT2D eigenvalue weighted by Crippen LogP contribution is 2.24. The Balaban J connectivity index is 2.26. The van der Waals surface area contributed by atoms with Crippen LogP contribution in [0.1, 0.15) is 5.82 Å². The molecule has 102 valence electrons. The second-order valence-electron chi connectivity index (χ2n) is 4.25. The lowest BCUT2D eigenvalue weighted by atomic mass is 10.3. The van der Waals surface area contributed by atoms with Gasteiger partial charge in [-0.05, 0) is 30.3 Å². The first kappa shape index (κ1) is 13.3. The zero-order valence-corrected chi connectivity index (χ0v) is 11.9. The van der Waals surface area contributed by atoms with Crippen LogP contribution < -0.4 is 0 Å². The maximum absolute atomic E-state index is 13.3. The molecule has 0 aliphatic carbocycles. The van der Waals surface area contributed by atoms with E-state index in [1.165, 1.54) is 6.07 Å². The third kappa shape index (κ3) is 2.25. The fraction of sp³-hybridized carbons (Fsp3) is 0.143. The first-order valence-corrected chi connectivity index (χ1v) is 6.95. The van der Waals surface area contributed by atoms with Crippen LogP contribution in [0.3, 0.4) is 0 Å². The Morgan fingerprint density at radius 2 is 2.10 bits per heavy atom. The van der Waals surface area contributed by atoms with Crippen LogP contribution in [0.15, 0.2) is 36.5 Å². The van der Waals surface area contributed by atoms with Crippen LogP contribution in [0.5, 0.6) is 0 Å². The molecular weight excluding hydrogens is 300 g/mol. The summed E-state index contributed by atoms with van der Waals surface area (Å²) in [5.41, 5.74) is 2.20. The number of hydrogen-bond donors (Lipinski definition) is 0. The van der Waals surface area contributed by atoms with Gasteiger partial charge in [0.1, 0.15) is 17.2 Å². The topological polar surface area (TPSA) is 30.7 Å². The highest BCUT2D eigenvalue weighted by Gasteiger charge is 2.14. The molecule has 2 aromatic heterocycles. The summed E-state index contributed by atoms with van der Waals surface area (Å²) in [6, 6.07) is 8.24. The van der Waals surface area contributed by atoms with Gasteiger partial charge in [0.15, 0.2) is 5.65 Å². The smallest absolute Gasteiger partial charge is 0.164 e. The molecule has 0 spiro atoms. The normalized spacial score (nSPS) is 11.2. The largest absolute Gasteiger partial charge is 0.281 e. The molecule has 0 radical (unpaired) electrons. The molecule has 3 rings (SSSR count). The Bertz CT molecular complexity index is 770. The Hall–Kier alpha value is -1.65. The van der Waals surface area contributed by atoms with Crippen LogP contribution in [-0.4, -0.2) is 20.4 Å². The molecule has 0 unspecified atom stereocenters. The van der Waals surface area contributed by atoms with Crippen molar-refractivity contribution in [2.75, 3.05) is 5.88 Å². The van der Waals surface area contributed by atoms with E-state index in [1.54, 1.807) is 18.3 Å². The van der Waals surface area contributed by atoms with Crippen molar-refractivity contribution in [1.29, 1.82) is 0 Å². The summed E-state index contributed by atoms with van der Waals surface area (Å²) in [6.07, 6.45) is 2.28. The quantitative estimate of drug-likeness (QED) is 0.685. The van der Waals surface area contributed by atoms with E-state index in [2.05, 4.69) is 9.97 Å². The number of fused-ring (bicyclic) bond motifs is 1. The molecule has 0 atom stereocenters. The predicted molar refractivity (Wildman–Crippen MR) is 78.3 cm³/mol. The second kappa shape index (κ2) is 5.38. The molecule has 0 saturated carbocycles. The third-order valence-electron chi connectivity index (χ3n) is 2.96. The Labute approximate surface area is 125 Å². The number of aryl methyl sites for hydroxylation is 1. The minimum Gasteiger partial charge on any atom is -0.281 e. The molecular formula is C14H10Cl2FN3. The van der Waals surface area contributed by atoms with Gasteiger partial charge in [-0.3, -0.25) is 4.57 Å². The van der Waals surface area contributed by atoms with Gasteiger partial charge >= 0.3 is 0 Å². The Kier molecular flexibility index (Phi) is 3.59. The van der Waals surface area contributed by atoms with Crippen molar-refractivity contribution in [1.82, 2.24) is 14.5 Å². The van der Waals surface area contributed by atoms with Crippen molar-refractivity contribution in [2.45, 2.75) is 6.42 Å². The van der Waals surface area contributed by atoms with Gasteiger partial charge in [0.2, 0.25) is 0 Å². The molecule has 0 saturated heterocycles. The van der Waals surface area contributed by atoms with Crippen molar-refractivity contribution in [3.63, 3.8) is 0 Å². The summed E-state index contributed by atoms with van der Waals surface area (Å²) in [4.78, 5) is 8.84. The number of nitrogens with zero attached hydrogens (tertiary/aromatic N) is 3. The fourth-order valence-corrected chi connectivity index (χ4v) is 2.45. The number of hydrogen-bond acceptors (Lipinski definition) is 2. The van der Waals surface area contributed by atoms with Gasteiger partial charge in [0.25, 0.3) is 0 Å². The molecule has 3 nitrogen and oxygen atoms in total. The van der Waals surface area contributed by atoms with Crippen molar-refractivity contribution in [3.8, 4) is 5.69 Å². The van der Waals surface area contributed by atoms with E-state index in [0.717, 1.165) is 17.0 Å². The number of benzene rings is 1. The van der Waals surface area contributed by atoms with E-state index >= 15 is 0 Å². The molecule has 3 aromatic rings. The first-order valence-electron chi connectivity index (χ1n) is 6.04. The van der Waals surface area contributed by atoms with Gasteiger partial charge in [-0.1, -0.05) is 11.6 Å². The number of rotatable bonds is 3. The molecule has 0 aliphatic rings. The molecule has 0 fully saturated rings. The zero-order chi connectivity index (χ0) is 14.1. The van der Waals surface area contributed by atoms with Crippen LogP contribution >= 0.6 is 23.2 Å². The van der Waals surface area contributed by atoms with Crippen LogP contribution in [-0.2, 0) is 6.42 Å². The van der Waals surface area contributed by atoms with Crippen LogP contribution in [0.4, 0.5) is 4.39 Å². The minimum atomic E-state index is -0.452. The van der Waals surface area contributed by atoms with Gasteiger partial charge in [-0.2, -0.15) is 0 Å². The number of alkyl halides is 1. The molecule has 1 aromatic carbocycles. The van der Waals surface area contributed by atoms with Crippen molar-refractivity contribution >= 4 is 34.4 Å². The SMILES string of the molecule is Fc1ccc(-n2c(CCCl)nc3cccnc32)cc1Cl. The van der Waals surface area contributed by atoms with Gasteiger partial charge in [-0.25, -0.2) is 14.4 Å².